The molecule has 118 valence electrons. The van der Waals surface area contributed by atoms with Crippen LogP contribution in [-0.2, 0) is 19.6 Å². The molecule has 0 saturated carbocycles. The summed E-state index contributed by atoms with van der Waals surface area (Å²) in [5.41, 5.74) is 3.38. The van der Waals surface area contributed by atoms with Gasteiger partial charge >= 0.3 is 0 Å². The molecule has 3 aromatic rings. The molecule has 23 heavy (non-hydrogen) atoms. The van der Waals surface area contributed by atoms with Gasteiger partial charge in [0.1, 0.15) is 5.82 Å². The van der Waals surface area contributed by atoms with E-state index in [-0.39, 0.29) is 0 Å². The number of tetrazole rings is 1. The molecule has 0 atom stereocenters. The third kappa shape index (κ3) is 2.53. The van der Waals surface area contributed by atoms with Crippen LogP contribution >= 0.6 is 0 Å². The Balaban J connectivity index is 1.55. The van der Waals surface area contributed by atoms with Gasteiger partial charge in [-0.3, -0.25) is 4.90 Å². The molecule has 0 spiro atoms. The SMILES string of the molecule is Cc1nc2n(c1C)CCN(Cc1nnnn1-c1ccccc1)C2. The topological polar surface area (TPSA) is 64.7 Å². The number of para-hydroxylation sites is 1. The lowest BCUT2D eigenvalue weighted by molar-refractivity contribution is 0.201. The Kier molecular flexibility index (Phi) is 3.42. The molecule has 0 fully saturated rings. The van der Waals surface area contributed by atoms with E-state index in [0.29, 0.717) is 6.54 Å². The highest BCUT2D eigenvalue weighted by Gasteiger charge is 2.22. The number of hydrogen-bond donors (Lipinski definition) is 0. The van der Waals surface area contributed by atoms with Crippen LogP contribution in [0.5, 0.6) is 0 Å². The Labute approximate surface area is 134 Å². The summed E-state index contributed by atoms with van der Waals surface area (Å²) in [6, 6.07) is 9.99. The standard InChI is InChI=1S/C16H19N7/c1-12-13(2)22-9-8-21(10-15(22)17-12)11-16-18-19-20-23(16)14-6-4-3-5-7-14/h3-7H,8-11H2,1-2H3. The van der Waals surface area contributed by atoms with Crippen LogP contribution in [-0.4, -0.2) is 41.2 Å². The Morgan fingerprint density at radius 1 is 1.09 bits per heavy atom. The summed E-state index contributed by atoms with van der Waals surface area (Å²) in [7, 11) is 0. The van der Waals surface area contributed by atoms with E-state index >= 15 is 0 Å². The predicted octanol–water partition coefficient (Wildman–Crippen LogP) is 1.49. The molecule has 7 nitrogen and oxygen atoms in total. The number of aromatic nitrogens is 6. The second-order valence-electron chi connectivity index (χ2n) is 5.90. The van der Waals surface area contributed by atoms with Crippen molar-refractivity contribution < 1.29 is 0 Å². The first kappa shape index (κ1) is 14.1. The fraction of sp³-hybridized carbons (Fsp3) is 0.375. The van der Waals surface area contributed by atoms with Crippen LogP contribution in [0.25, 0.3) is 5.69 Å². The van der Waals surface area contributed by atoms with Crippen LogP contribution in [0.2, 0.25) is 0 Å². The Morgan fingerprint density at radius 2 is 1.91 bits per heavy atom. The van der Waals surface area contributed by atoms with E-state index in [1.165, 1.54) is 5.69 Å². The maximum atomic E-state index is 4.67. The van der Waals surface area contributed by atoms with Crippen LogP contribution in [0.1, 0.15) is 23.0 Å². The molecule has 4 rings (SSSR count). The van der Waals surface area contributed by atoms with Gasteiger partial charge in [-0.15, -0.1) is 5.10 Å². The van der Waals surface area contributed by atoms with E-state index in [2.05, 4.69) is 43.8 Å². The zero-order valence-electron chi connectivity index (χ0n) is 13.3. The lowest BCUT2D eigenvalue weighted by atomic mass is 10.3. The van der Waals surface area contributed by atoms with Gasteiger partial charge in [0, 0.05) is 18.8 Å². The molecule has 0 unspecified atom stereocenters. The minimum absolute atomic E-state index is 0.715. The predicted molar refractivity (Wildman–Crippen MR) is 85.0 cm³/mol. The van der Waals surface area contributed by atoms with Crippen molar-refractivity contribution in [1.29, 1.82) is 0 Å². The Hall–Kier alpha value is -2.54. The first-order valence-electron chi connectivity index (χ1n) is 7.80. The van der Waals surface area contributed by atoms with Gasteiger partial charge in [-0.2, -0.15) is 4.68 Å². The van der Waals surface area contributed by atoms with Crippen LogP contribution in [0.4, 0.5) is 0 Å². The molecular formula is C16H19N7. The third-order valence-electron chi connectivity index (χ3n) is 4.44. The zero-order chi connectivity index (χ0) is 15.8. The van der Waals surface area contributed by atoms with Gasteiger partial charge < -0.3 is 4.57 Å². The van der Waals surface area contributed by atoms with Crippen molar-refractivity contribution in [2.45, 2.75) is 33.5 Å². The molecule has 0 radical (unpaired) electrons. The summed E-state index contributed by atoms with van der Waals surface area (Å²) in [4.78, 5) is 7.01. The maximum absolute atomic E-state index is 4.67. The Bertz CT molecular complexity index is 818. The van der Waals surface area contributed by atoms with E-state index in [1.807, 2.05) is 30.3 Å². The van der Waals surface area contributed by atoms with Crippen molar-refractivity contribution in [2.75, 3.05) is 6.54 Å². The third-order valence-corrected chi connectivity index (χ3v) is 4.44. The zero-order valence-corrected chi connectivity index (χ0v) is 13.3. The highest BCUT2D eigenvalue weighted by atomic mass is 15.5. The minimum atomic E-state index is 0.715. The molecule has 0 amide bonds. The molecule has 7 heteroatoms. The maximum Gasteiger partial charge on any atom is 0.170 e. The second-order valence-corrected chi connectivity index (χ2v) is 5.90. The van der Waals surface area contributed by atoms with Crippen LogP contribution < -0.4 is 0 Å². The smallest absolute Gasteiger partial charge is 0.170 e. The summed E-state index contributed by atoms with van der Waals surface area (Å²) in [6.07, 6.45) is 0. The molecule has 3 heterocycles. The average molecular weight is 309 g/mol. The summed E-state index contributed by atoms with van der Waals surface area (Å²) in [6.45, 7) is 7.70. The number of hydrogen-bond acceptors (Lipinski definition) is 5. The van der Waals surface area contributed by atoms with Crippen LogP contribution in [0.15, 0.2) is 30.3 Å². The van der Waals surface area contributed by atoms with Gasteiger partial charge in [0.05, 0.1) is 24.5 Å². The van der Waals surface area contributed by atoms with Gasteiger partial charge in [-0.25, -0.2) is 4.98 Å². The number of rotatable bonds is 3. The molecule has 0 N–H and O–H groups in total. The first-order chi connectivity index (χ1) is 11.2. The lowest BCUT2D eigenvalue weighted by Crippen LogP contribution is -2.34. The fourth-order valence-corrected chi connectivity index (χ4v) is 3.07. The van der Waals surface area contributed by atoms with Crippen molar-refractivity contribution in [1.82, 2.24) is 34.7 Å². The average Bonchev–Trinajstić information content (AvgIpc) is 3.13. The lowest BCUT2D eigenvalue weighted by Gasteiger charge is -2.27. The van der Waals surface area contributed by atoms with Gasteiger partial charge in [0.15, 0.2) is 5.82 Å². The van der Waals surface area contributed by atoms with Gasteiger partial charge in [0.25, 0.3) is 0 Å². The molecule has 0 bridgehead atoms. The number of imidazole rings is 1. The van der Waals surface area contributed by atoms with E-state index in [0.717, 1.165) is 42.7 Å². The first-order valence-corrected chi connectivity index (χ1v) is 7.80. The molecule has 1 aliphatic heterocycles. The highest BCUT2D eigenvalue weighted by molar-refractivity contribution is 5.30. The fourth-order valence-electron chi connectivity index (χ4n) is 3.07. The number of fused-ring (bicyclic) bond motifs is 1. The van der Waals surface area contributed by atoms with Crippen molar-refractivity contribution in [3.8, 4) is 5.69 Å². The van der Waals surface area contributed by atoms with Crippen molar-refractivity contribution in [3.05, 3.63) is 53.4 Å². The molecule has 1 aromatic carbocycles. The summed E-state index contributed by atoms with van der Waals surface area (Å²) in [5.74, 6) is 1.98. The number of aryl methyl sites for hydroxylation is 1. The number of benzene rings is 1. The summed E-state index contributed by atoms with van der Waals surface area (Å²) < 4.78 is 4.11. The quantitative estimate of drug-likeness (QED) is 0.733. The Morgan fingerprint density at radius 3 is 2.74 bits per heavy atom. The van der Waals surface area contributed by atoms with Crippen molar-refractivity contribution in [3.63, 3.8) is 0 Å². The van der Waals surface area contributed by atoms with E-state index in [9.17, 15) is 0 Å². The normalized spacial score (nSPS) is 14.9. The monoisotopic (exact) mass is 309 g/mol. The summed E-state index contributed by atoms with van der Waals surface area (Å²) in [5, 5.41) is 12.2. The van der Waals surface area contributed by atoms with Crippen LogP contribution in [0, 0.1) is 13.8 Å². The van der Waals surface area contributed by atoms with Gasteiger partial charge in [-0.05, 0) is 36.4 Å². The van der Waals surface area contributed by atoms with E-state index < -0.39 is 0 Å². The summed E-state index contributed by atoms with van der Waals surface area (Å²) >= 11 is 0. The minimum Gasteiger partial charge on any atom is -0.330 e. The van der Waals surface area contributed by atoms with Crippen LogP contribution in [0.3, 0.4) is 0 Å². The number of nitrogens with zero attached hydrogens (tertiary/aromatic N) is 7. The van der Waals surface area contributed by atoms with Gasteiger partial charge in [-0.1, -0.05) is 18.2 Å². The van der Waals surface area contributed by atoms with Crippen molar-refractivity contribution in [2.24, 2.45) is 0 Å². The molecular weight excluding hydrogens is 290 g/mol. The second kappa shape index (κ2) is 5.58. The molecule has 1 aliphatic rings. The van der Waals surface area contributed by atoms with Crippen molar-refractivity contribution >= 4 is 0 Å². The van der Waals surface area contributed by atoms with E-state index in [1.54, 1.807) is 4.68 Å². The van der Waals surface area contributed by atoms with Gasteiger partial charge in [0.2, 0.25) is 0 Å². The molecule has 0 aliphatic carbocycles. The largest absolute Gasteiger partial charge is 0.330 e. The molecule has 0 saturated heterocycles. The van der Waals surface area contributed by atoms with E-state index in [4.69, 9.17) is 0 Å². The molecule has 2 aromatic heterocycles. The highest BCUT2D eigenvalue weighted by Crippen LogP contribution is 2.18.